The van der Waals surface area contributed by atoms with Crippen molar-refractivity contribution < 1.29 is 32.2 Å². The molecule has 8 heteroatoms. The first-order chi connectivity index (χ1) is 10.1. The van der Waals surface area contributed by atoms with Crippen LogP contribution in [0.2, 0.25) is 0 Å². The van der Waals surface area contributed by atoms with E-state index in [2.05, 4.69) is 4.74 Å². The van der Waals surface area contributed by atoms with Crippen molar-refractivity contribution >= 4 is 5.97 Å². The van der Waals surface area contributed by atoms with Gasteiger partial charge in [-0.05, 0) is 32.0 Å². The van der Waals surface area contributed by atoms with Crippen molar-refractivity contribution in [1.29, 1.82) is 0 Å². The lowest BCUT2D eigenvalue weighted by Gasteiger charge is -2.21. The van der Waals surface area contributed by atoms with Gasteiger partial charge >= 0.3 is 12.3 Å². The van der Waals surface area contributed by atoms with Gasteiger partial charge in [0.05, 0.1) is 5.41 Å². The maximum atomic E-state index is 13.8. The molecule has 1 N–H and O–H groups in total. The van der Waals surface area contributed by atoms with E-state index >= 15 is 0 Å². The van der Waals surface area contributed by atoms with Crippen molar-refractivity contribution in [1.82, 2.24) is 4.90 Å². The Kier molecular flexibility index (Phi) is 4.32. The number of aliphatic carboxylic acids is 1. The van der Waals surface area contributed by atoms with Crippen LogP contribution in [0.3, 0.4) is 0 Å². The zero-order valence-corrected chi connectivity index (χ0v) is 11.8. The number of carbonyl (C=O) groups is 1. The minimum atomic E-state index is -4.91. The Morgan fingerprint density at radius 1 is 1.45 bits per heavy atom. The highest BCUT2D eigenvalue weighted by Crippen LogP contribution is 2.34. The zero-order chi connectivity index (χ0) is 16.5. The Morgan fingerprint density at radius 2 is 2.14 bits per heavy atom. The highest BCUT2D eigenvalue weighted by molar-refractivity contribution is 5.74. The number of halogens is 4. The van der Waals surface area contributed by atoms with Crippen LogP contribution in [0.25, 0.3) is 0 Å². The molecule has 2 rings (SSSR count). The van der Waals surface area contributed by atoms with Gasteiger partial charge in [0.15, 0.2) is 0 Å². The van der Waals surface area contributed by atoms with Crippen molar-refractivity contribution in [2.75, 3.05) is 13.1 Å². The predicted octanol–water partition coefficient (Wildman–Crippen LogP) is 3.02. The van der Waals surface area contributed by atoms with E-state index in [4.69, 9.17) is 5.11 Å². The molecule has 0 amide bonds. The maximum Gasteiger partial charge on any atom is 0.573 e. The van der Waals surface area contributed by atoms with Crippen molar-refractivity contribution in [2.45, 2.75) is 26.3 Å². The van der Waals surface area contributed by atoms with E-state index in [0.29, 0.717) is 13.0 Å². The molecule has 1 aromatic carbocycles. The monoisotopic (exact) mass is 321 g/mol. The molecule has 0 aromatic heterocycles. The molecule has 0 aliphatic carbocycles. The lowest BCUT2D eigenvalue weighted by molar-refractivity contribution is -0.275. The summed E-state index contributed by atoms with van der Waals surface area (Å²) in [6.45, 7) is 1.93. The van der Waals surface area contributed by atoms with Crippen LogP contribution in [0.5, 0.6) is 5.75 Å². The fourth-order valence-electron chi connectivity index (χ4n) is 2.50. The molecule has 0 bridgehead atoms. The van der Waals surface area contributed by atoms with Crippen molar-refractivity contribution in [3.63, 3.8) is 0 Å². The largest absolute Gasteiger partial charge is 0.573 e. The standard InChI is InChI=1S/C14H15F4NO3/c1-13(12(20)21)5-6-19(8-13)7-9-10(15)3-2-4-11(9)22-14(16,17)18/h2-4H,5-8H2,1H3,(H,20,21). The average Bonchev–Trinajstić information content (AvgIpc) is 2.75. The lowest BCUT2D eigenvalue weighted by atomic mass is 9.90. The second-order valence-electron chi connectivity index (χ2n) is 5.59. The van der Waals surface area contributed by atoms with Crippen LogP contribution < -0.4 is 4.74 Å². The van der Waals surface area contributed by atoms with Crippen LogP contribution in [0.15, 0.2) is 18.2 Å². The smallest absolute Gasteiger partial charge is 0.481 e. The minimum absolute atomic E-state index is 0.138. The van der Waals surface area contributed by atoms with Gasteiger partial charge in [0.25, 0.3) is 0 Å². The molecule has 4 nitrogen and oxygen atoms in total. The summed E-state index contributed by atoms with van der Waals surface area (Å²) in [4.78, 5) is 12.8. The molecule has 22 heavy (non-hydrogen) atoms. The van der Waals surface area contributed by atoms with Gasteiger partial charge in [-0.25, -0.2) is 4.39 Å². The third kappa shape index (κ3) is 3.68. The van der Waals surface area contributed by atoms with Crippen LogP contribution in [0, 0.1) is 11.2 Å². The molecule has 1 atom stereocenters. The number of alkyl halides is 3. The molecule has 1 saturated heterocycles. The zero-order valence-electron chi connectivity index (χ0n) is 11.8. The van der Waals surface area contributed by atoms with Gasteiger partial charge in [-0.3, -0.25) is 9.69 Å². The Balaban J connectivity index is 2.18. The van der Waals surface area contributed by atoms with E-state index in [0.717, 1.165) is 18.2 Å². The summed E-state index contributed by atoms with van der Waals surface area (Å²) >= 11 is 0. The topological polar surface area (TPSA) is 49.8 Å². The fraction of sp³-hybridized carbons (Fsp3) is 0.500. The number of nitrogens with zero attached hydrogens (tertiary/aromatic N) is 1. The van der Waals surface area contributed by atoms with Gasteiger partial charge in [-0.2, -0.15) is 0 Å². The van der Waals surface area contributed by atoms with Crippen molar-refractivity contribution in [3.05, 3.63) is 29.6 Å². The average molecular weight is 321 g/mol. The minimum Gasteiger partial charge on any atom is -0.481 e. The molecule has 1 fully saturated rings. The Morgan fingerprint density at radius 3 is 2.68 bits per heavy atom. The number of hydrogen-bond acceptors (Lipinski definition) is 3. The van der Waals surface area contributed by atoms with Gasteiger partial charge in [-0.15, -0.1) is 13.2 Å². The van der Waals surface area contributed by atoms with E-state index in [1.165, 1.54) is 0 Å². The number of benzene rings is 1. The molecule has 0 saturated carbocycles. The van der Waals surface area contributed by atoms with Crippen LogP contribution in [-0.4, -0.2) is 35.4 Å². The Labute approximate surface area is 124 Å². The van der Waals surface area contributed by atoms with E-state index in [9.17, 15) is 22.4 Å². The van der Waals surface area contributed by atoms with E-state index < -0.39 is 29.3 Å². The summed E-state index contributed by atoms with van der Waals surface area (Å²) < 4.78 is 54.8. The van der Waals surface area contributed by atoms with Crippen LogP contribution in [-0.2, 0) is 11.3 Å². The molecule has 1 aromatic rings. The van der Waals surface area contributed by atoms with Gasteiger partial charge in [0.2, 0.25) is 0 Å². The van der Waals surface area contributed by atoms with Crippen molar-refractivity contribution in [3.8, 4) is 5.75 Å². The quantitative estimate of drug-likeness (QED) is 0.866. The number of carboxylic acids is 1. The first kappa shape index (κ1) is 16.5. The van der Waals surface area contributed by atoms with Gasteiger partial charge in [0.1, 0.15) is 11.6 Å². The predicted molar refractivity (Wildman–Crippen MR) is 68.7 cm³/mol. The molecular formula is C14H15F4NO3. The summed E-state index contributed by atoms with van der Waals surface area (Å²) in [7, 11) is 0. The lowest BCUT2D eigenvalue weighted by Crippen LogP contribution is -2.31. The summed E-state index contributed by atoms with van der Waals surface area (Å²) in [6.07, 6.45) is -4.56. The molecule has 122 valence electrons. The normalized spacial score (nSPS) is 22.8. The second-order valence-corrected chi connectivity index (χ2v) is 5.59. The first-order valence-corrected chi connectivity index (χ1v) is 6.60. The van der Waals surface area contributed by atoms with Crippen LogP contribution in [0.4, 0.5) is 17.6 Å². The summed E-state index contributed by atoms with van der Waals surface area (Å²) in [5, 5.41) is 9.14. The number of ether oxygens (including phenoxy) is 1. The molecular weight excluding hydrogens is 306 g/mol. The first-order valence-electron chi connectivity index (χ1n) is 6.60. The maximum absolute atomic E-state index is 13.8. The Hall–Kier alpha value is -1.83. The van der Waals surface area contributed by atoms with E-state index in [1.54, 1.807) is 11.8 Å². The molecule has 1 heterocycles. The highest BCUT2D eigenvalue weighted by atomic mass is 19.4. The van der Waals surface area contributed by atoms with E-state index in [-0.39, 0.29) is 18.7 Å². The summed E-state index contributed by atoms with van der Waals surface area (Å²) in [5.41, 5.74) is -1.20. The molecule has 1 aliphatic rings. The Bertz CT molecular complexity index is 576. The van der Waals surface area contributed by atoms with Crippen LogP contribution >= 0.6 is 0 Å². The number of hydrogen-bond donors (Lipinski definition) is 1. The molecule has 0 spiro atoms. The molecule has 0 radical (unpaired) electrons. The molecule has 1 aliphatic heterocycles. The van der Waals surface area contributed by atoms with Crippen LogP contribution in [0.1, 0.15) is 18.9 Å². The number of rotatable bonds is 4. The van der Waals surface area contributed by atoms with Gasteiger partial charge in [0, 0.05) is 18.7 Å². The summed E-state index contributed by atoms with van der Waals surface area (Å²) in [6, 6.07) is 3.22. The molecule has 1 unspecified atom stereocenters. The number of likely N-dealkylation sites (tertiary alicyclic amines) is 1. The van der Waals surface area contributed by atoms with E-state index in [1.807, 2.05) is 0 Å². The fourth-order valence-corrected chi connectivity index (χ4v) is 2.50. The SMILES string of the molecule is CC1(C(=O)O)CCN(Cc2c(F)cccc2OC(F)(F)F)C1. The van der Waals surface area contributed by atoms with Crippen molar-refractivity contribution in [2.24, 2.45) is 5.41 Å². The third-order valence-electron chi connectivity index (χ3n) is 3.75. The van der Waals surface area contributed by atoms with Gasteiger partial charge in [-0.1, -0.05) is 6.07 Å². The highest BCUT2D eigenvalue weighted by Gasteiger charge is 2.41. The third-order valence-corrected chi connectivity index (χ3v) is 3.75. The van der Waals surface area contributed by atoms with Gasteiger partial charge < -0.3 is 9.84 Å². The second kappa shape index (κ2) is 5.75. The summed E-state index contributed by atoms with van der Waals surface area (Å²) in [5.74, 6) is -2.39. The number of carboxylic acid groups (broad SMARTS) is 1.